The number of thiazole rings is 1. The van der Waals surface area contributed by atoms with Gasteiger partial charge in [-0.25, -0.2) is 14.1 Å². The van der Waals surface area contributed by atoms with Gasteiger partial charge in [-0.2, -0.15) is 16.8 Å². The lowest BCUT2D eigenvalue weighted by molar-refractivity contribution is -0.161. The van der Waals surface area contributed by atoms with E-state index in [1.807, 2.05) is 0 Å². The highest BCUT2D eigenvalue weighted by Gasteiger charge is 2.51. The molecule has 246 valence electrons. The number of anilines is 1. The van der Waals surface area contributed by atoms with Crippen LogP contribution in [-0.2, 0) is 44.7 Å². The number of rotatable bonds is 12. The van der Waals surface area contributed by atoms with E-state index >= 15 is 0 Å². The van der Waals surface area contributed by atoms with Gasteiger partial charge in [0.25, 0.3) is 11.8 Å². The summed E-state index contributed by atoms with van der Waals surface area (Å²) in [7, 11) is -9.42. The van der Waals surface area contributed by atoms with E-state index in [1.165, 1.54) is 26.2 Å². The number of nitrogen functional groups attached to an aromatic ring is 1. The number of aliphatic carboxylic acids is 2. The van der Waals surface area contributed by atoms with Crippen molar-refractivity contribution >= 4 is 66.6 Å². The summed E-state index contributed by atoms with van der Waals surface area (Å²) in [5.41, 5.74) is 13.7. The zero-order valence-electron chi connectivity index (χ0n) is 22.8. The Hall–Kier alpha value is -3.52. The number of hydrogen-bond acceptors (Lipinski definition) is 15. The van der Waals surface area contributed by atoms with Crippen LogP contribution in [-0.4, -0.2) is 110 Å². The number of nitrogens with zero attached hydrogens (tertiary/aromatic N) is 3. The van der Waals surface area contributed by atoms with E-state index < -0.39 is 73.9 Å². The molecule has 0 bridgehead atoms. The summed E-state index contributed by atoms with van der Waals surface area (Å²) in [5, 5.41) is 24.7. The Morgan fingerprint density at radius 1 is 1.19 bits per heavy atom. The molecule has 3 atom stereocenters. The van der Waals surface area contributed by atoms with E-state index in [1.54, 1.807) is 0 Å². The first-order valence-corrected chi connectivity index (χ1v) is 15.3. The number of carbonyl (C=O) groups excluding carboxylic acids is 2. The third-order valence-corrected chi connectivity index (χ3v) is 6.70. The smallest absolute Gasteiger partial charge is 0.394 e. The number of nitrogens with two attached hydrogens (primary N) is 3. The Labute approximate surface area is 249 Å². The number of hydrogen-bond donors (Lipinski definition) is 9. The lowest BCUT2D eigenvalue weighted by atomic mass is 10.0. The summed E-state index contributed by atoms with van der Waals surface area (Å²) in [6.45, 7) is 4.30. The van der Waals surface area contributed by atoms with Crippen LogP contribution in [0.4, 0.5) is 5.13 Å². The van der Waals surface area contributed by atoms with E-state index in [2.05, 4.69) is 15.5 Å². The zero-order chi connectivity index (χ0) is 33.9. The van der Waals surface area contributed by atoms with Crippen molar-refractivity contribution in [3.05, 3.63) is 11.1 Å². The Balaban J connectivity index is 0.000000971. The second-order valence-corrected chi connectivity index (χ2v) is 12.0. The van der Waals surface area contributed by atoms with Gasteiger partial charge in [0.2, 0.25) is 5.60 Å². The van der Waals surface area contributed by atoms with Crippen LogP contribution in [0.2, 0.25) is 0 Å². The predicted molar refractivity (Wildman–Crippen MR) is 148 cm³/mol. The third-order valence-electron chi connectivity index (χ3n) is 5.02. The van der Waals surface area contributed by atoms with Crippen LogP contribution >= 0.6 is 11.3 Å². The SMILES string of the molecule is C[C@H]1[C@H](NC(=O)/C(=N\OC(C)(C)C(=O)O)c2csc(N)n2)C(=O)N1S(=O)(=O)O.NCCCCC(N)C(=O)O.O=S(=O)(O)O. The second-order valence-electron chi connectivity index (χ2n) is 8.90. The van der Waals surface area contributed by atoms with Crippen LogP contribution in [0.25, 0.3) is 0 Å². The number of amides is 2. The van der Waals surface area contributed by atoms with Crippen LogP contribution in [0.1, 0.15) is 45.7 Å². The molecule has 1 fully saturated rings. The maximum atomic E-state index is 12.6. The van der Waals surface area contributed by atoms with Gasteiger partial charge in [-0.1, -0.05) is 11.6 Å². The Morgan fingerprint density at radius 3 is 2.09 bits per heavy atom. The monoisotopic (exact) mass is 679 g/mol. The molecule has 2 amide bonds. The second kappa shape index (κ2) is 16.4. The molecule has 1 aromatic rings. The fourth-order valence-corrected chi connectivity index (χ4v) is 4.18. The summed E-state index contributed by atoms with van der Waals surface area (Å²) in [4.78, 5) is 54.5. The third kappa shape index (κ3) is 14.0. The Bertz CT molecular complexity index is 1390. The van der Waals surface area contributed by atoms with Gasteiger partial charge in [-0.05, 0) is 40.2 Å². The minimum absolute atomic E-state index is 0.0350. The molecule has 21 nitrogen and oxygen atoms in total. The number of aromatic nitrogens is 1. The highest BCUT2D eigenvalue weighted by molar-refractivity contribution is 7.84. The summed E-state index contributed by atoms with van der Waals surface area (Å²) in [6, 6.07) is -3.03. The van der Waals surface area contributed by atoms with Crippen LogP contribution in [0.15, 0.2) is 10.5 Å². The molecule has 43 heavy (non-hydrogen) atoms. The highest BCUT2D eigenvalue weighted by Crippen LogP contribution is 2.23. The molecule has 0 radical (unpaired) electrons. The number of β-lactam (4-membered cyclic amide) rings is 1. The molecular weight excluding hydrogens is 646 g/mol. The van der Waals surface area contributed by atoms with Crippen molar-refractivity contribution in [3.63, 3.8) is 0 Å². The molecular formula is C19H33N7O14S3. The van der Waals surface area contributed by atoms with Gasteiger partial charge in [0, 0.05) is 5.38 Å². The first-order valence-electron chi connectivity index (χ1n) is 11.6. The number of oxime groups is 1. The van der Waals surface area contributed by atoms with Crippen molar-refractivity contribution in [1.82, 2.24) is 14.6 Å². The van der Waals surface area contributed by atoms with E-state index in [-0.39, 0.29) is 15.1 Å². The Morgan fingerprint density at radius 2 is 1.72 bits per heavy atom. The lowest BCUT2D eigenvalue weighted by Crippen LogP contribution is -2.71. The van der Waals surface area contributed by atoms with Gasteiger partial charge in [-0.15, -0.1) is 11.3 Å². The normalized spacial score (nSPS) is 17.7. The highest BCUT2D eigenvalue weighted by atomic mass is 32.3. The van der Waals surface area contributed by atoms with Gasteiger partial charge in [0.15, 0.2) is 10.8 Å². The number of unbranched alkanes of at least 4 members (excludes halogenated alkanes) is 1. The summed E-state index contributed by atoms with van der Waals surface area (Å²) >= 11 is 0.980. The average molecular weight is 680 g/mol. The standard InChI is InChI=1S/C13H17N5O8S2.C6H14N2O2.H2O4S/c1-5-7(10(20)18(5)28(23,24)25)16-9(19)8(6-4-27-12(14)15-6)17-26-13(2,3)11(21)22;7-4-2-1-3-5(8)6(9)10;1-5(2,3)4/h4-5,7H,1-3H3,(H2,14,15)(H,16,19)(H,21,22)(H,23,24,25);5H,1-4,7-8H2,(H,9,10);(H2,1,2,3,4)/b17-8-;;/t5-,7-;;/m0../s1. The lowest BCUT2D eigenvalue weighted by Gasteiger charge is -2.42. The molecule has 24 heteroatoms. The van der Waals surface area contributed by atoms with Gasteiger partial charge < -0.3 is 37.6 Å². The number of carboxylic acids is 2. The number of carboxylic acid groups (broad SMARTS) is 2. The zero-order valence-corrected chi connectivity index (χ0v) is 25.3. The van der Waals surface area contributed by atoms with Crippen LogP contribution in [0.3, 0.4) is 0 Å². The first-order chi connectivity index (χ1) is 19.4. The van der Waals surface area contributed by atoms with Crippen LogP contribution < -0.4 is 22.5 Å². The van der Waals surface area contributed by atoms with Crippen molar-refractivity contribution in [2.45, 2.75) is 63.8 Å². The molecule has 1 aromatic heterocycles. The molecule has 1 aliphatic heterocycles. The van der Waals surface area contributed by atoms with E-state index in [0.29, 0.717) is 13.0 Å². The topological polar surface area (TPSA) is 366 Å². The summed E-state index contributed by atoms with van der Waals surface area (Å²) in [6.07, 6.45) is 2.16. The summed E-state index contributed by atoms with van der Waals surface area (Å²) in [5.74, 6) is -4.31. The fourth-order valence-electron chi connectivity index (χ4n) is 2.74. The predicted octanol–water partition coefficient (Wildman–Crippen LogP) is -2.30. The number of carbonyl (C=O) groups is 4. The molecule has 1 aliphatic rings. The maximum Gasteiger partial charge on any atom is 0.394 e. The quantitative estimate of drug-likeness (QED) is 0.0368. The molecule has 0 aliphatic carbocycles. The van der Waals surface area contributed by atoms with E-state index in [9.17, 15) is 27.6 Å². The molecule has 0 aromatic carbocycles. The molecule has 2 rings (SSSR count). The van der Waals surface area contributed by atoms with Crippen LogP contribution in [0.5, 0.6) is 0 Å². The van der Waals surface area contributed by atoms with Crippen molar-refractivity contribution < 1.29 is 64.7 Å². The molecule has 0 spiro atoms. The minimum atomic E-state index is -4.76. The summed E-state index contributed by atoms with van der Waals surface area (Å²) < 4.78 is 63.0. The minimum Gasteiger partial charge on any atom is -0.480 e. The van der Waals surface area contributed by atoms with Crippen molar-refractivity contribution in [1.29, 1.82) is 0 Å². The number of nitrogens with one attached hydrogen (secondary N) is 1. The van der Waals surface area contributed by atoms with Gasteiger partial charge in [0.1, 0.15) is 17.8 Å². The maximum absolute atomic E-state index is 12.6. The molecule has 2 heterocycles. The van der Waals surface area contributed by atoms with E-state index in [4.69, 9.17) is 54.3 Å². The van der Waals surface area contributed by atoms with Crippen molar-refractivity contribution in [3.8, 4) is 0 Å². The van der Waals surface area contributed by atoms with Crippen LogP contribution in [0, 0.1) is 0 Å². The van der Waals surface area contributed by atoms with Crippen molar-refractivity contribution in [2.75, 3.05) is 12.3 Å². The van der Waals surface area contributed by atoms with Gasteiger partial charge >= 0.3 is 32.6 Å². The Kier molecular flexibility index (Phi) is 15.0. The van der Waals surface area contributed by atoms with Gasteiger partial charge in [-0.3, -0.25) is 28.0 Å². The largest absolute Gasteiger partial charge is 0.480 e. The van der Waals surface area contributed by atoms with Gasteiger partial charge in [0.05, 0.1) is 6.04 Å². The molecule has 1 unspecified atom stereocenters. The molecule has 1 saturated heterocycles. The fraction of sp³-hybridized carbons (Fsp3) is 0.579. The molecule has 0 saturated carbocycles. The van der Waals surface area contributed by atoms with Crippen molar-refractivity contribution in [2.24, 2.45) is 16.6 Å². The first kappa shape index (κ1) is 39.5. The average Bonchev–Trinajstić information content (AvgIpc) is 3.26. The molecule has 12 N–H and O–H groups in total. The van der Waals surface area contributed by atoms with E-state index in [0.717, 1.165) is 24.2 Å².